The lowest BCUT2D eigenvalue weighted by molar-refractivity contribution is 0.0474. The van der Waals surface area contributed by atoms with Gasteiger partial charge in [0, 0.05) is 12.6 Å². The molecule has 0 N–H and O–H groups in total. The first-order chi connectivity index (χ1) is 15.6. The number of nitrogens with zero attached hydrogens (tertiary/aromatic N) is 1. The molecule has 172 valence electrons. The summed E-state index contributed by atoms with van der Waals surface area (Å²) in [5, 5.41) is 0.255. The molecule has 0 aliphatic heterocycles. The van der Waals surface area contributed by atoms with Crippen LogP contribution in [-0.2, 0) is 14.8 Å². The van der Waals surface area contributed by atoms with Crippen LogP contribution in [-0.4, -0.2) is 40.9 Å². The highest BCUT2D eigenvalue weighted by Gasteiger charge is 2.23. The number of esters is 1. The molecule has 0 unspecified atom stereocenters. The van der Waals surface area contributed by atoms with E-state index in [1.165, 1.54) is 56.6 Å². The lowest BCUT2D eigenvalue weighted by Crippen LogP contribution is -2.26. The zero-order valence-electron chi connectivity index (χ0n) is 18.2. The third kappa shape index (κ3) is 5.53. The molecule has 0 aromatic heterocycles. The summed E-state index contributed by atoms with van der Waals surface area (Å²) in [5.41, 5.74) is 1.75. The summed E-state index contributed by atoms with van der Waals surface area (Å²) in [6, 6.07) is 16.9. The first-order valence-electron chi connectivity index (χ1n) is 9.83. The van der Waals surface area contributed by atoms with Crippen LogP contribution >= 0.6 is 11.6 Å². The predicted octanol–water partition coefficient (Wildman–Crippen LogP) is 4.52. The van der Waals surface area contributed by atoms with Gasteiger partial charge in [-0.3, -0.25) is 9.10 Å². The molecular formula is C24H22ClNO6S. The number of ether oxygens (including phenoxy) is 2. The highest BCUT2D eigenvalue weighted by molar-refractivity contribution is 7.92. The van der Waals surface area contributed by atoms with Gasteiger partial charge in [-0.15, -0.1) is 0 Å². The van der Waals surface area contributed by atoms with E-state index in [-0.39, 0.29) is 21.0 Å². The number of aryl methyl sites for hydroxylation is 1. The van der Waals surface area contributed by atoms with Crippen molar-refractivity contribution in [2.24, 2.45) is 0 Å². The maximum atomic E-state index is 13.0. The second-order valence-electron chi connectivity index (χ2n) is 7.18. The lowest BCUT2D eigenvalue weighted by atomic mass is 10.1. The molecule has 3 aromatic rings. The predicted molar refractivity (Wildman–Crippen MR) is 126 cm³/mol. The summed E-state index contributed by atoms with van der Waals surface area (Å²) in [4.78, 5) is 24.7. The molecule has 3 rings (SSSR count). The number of hydrogen-bond donors (Lipinski definition) is 0. The fourth-order valence-corrected chi connectivity index (χ4v) is 4.47. The average molecular weight is 488 g/mol. The lowest BCUT2D eigenvalue weighted by Gasteiger charge is -2.20. The number of sulfonamides is 1. The van der Waals surface area contributed by atoms with Gasteiger partial charge in [0.1, 0.15) is 5.75 Å². The molecule has 0 saturated heterocycles. The van der Waals surface area contributed by atoms with E-state index in [0.29, 0.717) is 11.4 Å². The SMILES string of the molecule is COc1ccc(C(=O)COC(=O)c2cccc(S(=O)(=O)N(C)c3ccc(C)cc3)c2)cc1Cl. The zero-order valence-corrected chi connectivity index (χ0v) is 19.8. The summed E-state index contributed by atoms with van der Waals surface area (Å²) in [6.45, 7) is 1.38. The summed E-state index contributed by atoms with van der Waals surface area (Å²) in [7, 11) is -1.02. The zero-order chi connectivity index (χ0) is 24.2. The van der Waals surface area contributed by atoms with Crippen LogP contribution in [0.2, 0.25) is 5.02 Å². The van der Waals surface area contributed by atoms with E-state index in [4.69, 9.17) is 21.1 Å². The highest BCUT2D eigenvalue weighted by atomic mass is 35.5. The monoisotopic (exact) mass is 487 g/mol. The van der Waals surface area contributed by atoms with Crippen molar-refractivity contribution in [1.29, 1.82) is 0 Å². The molecule has 0 spiro atoms. The molecule has 0 heterocycles. The number of benzene rings is 3. The Kier molecular flexibility index (Phi) is 7.40. The Bertz CT molecular complexity index is 1290. The Labute approximate surface area is 197 Å². The van der Waals surface area contributed by atoms with Crippen LogP contribution in [0, 0.1) is 6.92 Å². The largest absolute Gasteiger partial charge is 0.495 e. The molecule has 0 amide bonds. The third-order valence-corrected chi connectivity index (χ3v) is 7.01. The van der Waals surface area contributed by atoms with Crippen LogP contribution in [0.15, 0.2) is 71.6 Å². The van der Waals surface area contributed by atoms with E-state index in [9.17, 15) is 18.0 Å². The molecule has 0 aliphatic rings. The number of carbonyl (C=O) groups is 2. The van der Waals surface area contributed by atoms with Crippen LogP contribution < -0.4 is 9.04 Å². The standard InChI is InChI=1S/C24H22ClNO6S/c1-16-7-10-19(11-8-16)26(2)33(29,30)20-6-4-5-18(13-20)24(28)32-15-22(27)17-9-12-23(31-3)21(25)14-17/h4-14H,15H2,1-3H3. The molecule has 0 aliphatic carbocycles. The van der Waals surface area contributed by atoms with Gasteiger partial charge >= 0.3 is 5.97 Å². The van der Waals surface area contributed by atoms with E-state index in [1.807, 2.05) is 19.1 Å². The molecule has 0 radical (unpaired) electrons. The molecule has 0 saturated carbocycles. The summed E-state index contributed by atoms with van der Waals surface area (Å²) in [6.07, 6.45) is 0. The molecule has 0 atom stereocenters. The molecule has 7 nitrogen and oxygen atoms in total. The molecule has 3 aromatic carbocycles. The minimum absolute atomic E-state index is 0.00828. The van der Waals surface area contributed by atoms with E-state index in [0.717, 1.165) is 9.87 Å². The normalized spacial score (nSPS) is 11.0. The van der Waals surface area contributed by atoms with Crippen molar-refractivity contribution in [2.45, 2.75) is 11.8 Å². The number of rotatable bonds is 8. The quantitative estimate of drug-likeness (QED) is 0.343. The smallest absolute Gasteiger partial charge is 0.338 e. The van der Waals surface area contributed by atoms with Crippen molar-refractivity contribution in [2.75, 3.05) is 25.1 Å². The van der Waals surface area contributed by atoms with Gasteiger partial charge in [-0.05, 0) is 55.5 Å². The Morgan fingerprint density at radius 2 is 1.67 bits per heavy atom. The Morgan fingerprint density at radius 3 is 2.30 bits per heavy atom. The average Bonchev–Trinajstić information content (AvgIpc) is 2.82. The molecule has 0 fully saturated rings. The van der Waals surface area contributed by atoms with E-state index >= 15 is 0 Å². The second kappa shape index (κ2) is 10.1. The number of Topliss-reactive ketones (excluding diaryl/α,β-unsaturated/α-hetero) is 1. The van der Waals surface area contributed by atoms with Crippen LogP contribution in [0.5, 0.6) is 5.75 Å². The maximum Gasteiger partial charge on any atom is 0.338 e. The second-order valence-corrected chi connectivity index (χ2v) is 9.56. The molecule has 0 bridgehead atoms. The maximum absolute atomic E-state index is 13.0. The molecular weight excluding hydrogens is 466 g/mol. The number of halogens is 1. The number of anilines is 1. The minimum Gasteiger partial charge on any atom is -0.495 e. The number of hydrogen-bond acceptors (Lipinski definition) is 6. The highest BCUT2D eigenvalue weighted by Crippen LogP contribution is 2.26. The van der Waals surface area contributed by atoms with Crippen LogP contribution in [0.1, 0.15) is 26.3 Å². The van der Waals surface area contributed by atoms with Crippen molar-refractivity contribution in [3.8, 4) is 5.75 Å². The third-order valence-electron chi connectivity index (χ3n) is 4.93. The Balaban J connectivity index is 1.73. The van der Waals surface area contributed by atoms with Gasteiger partial charge in [0.2, 0.25) is 0 Å². The van der Waals surface area contributed by atoms with E-state index in [2.05, 4.69) is 0 Å². The van der Waals surface area contributed by atoms with Crippen LogP contribution in [0.25, 0.3) is 0 Å². The van der Waals surface area contributed by atoms with Crippen molar-refractivity contribution in [3.05, 3.63) is 88.4 Å². The van der Waals surface area contributed by atoms with E-state index in [1.54, 1.807) is 12.1 Å². The number of ketones is 1. The summed E-state index contributed by atoms with van der Waals surface area (Å²) >= 11 is 6.02. The Hall–Kier alpha value is -3.36. The van der Waals surface area contributed by atoms with Crippen LogP contribution in [0.3, 0.4) is 0 Å². The number of methoxy groups -OCH3 is 1. The fourth-order valence-electron chi connectivity index (χ4n) is 2.97. The van der Waals surface area contributed by atoms with Gasteiger partial charge in [0.25, 0.3) is 10.0 Å². The topological polar surface area (TPSA) is 90.0 Å². The number of carbonyl (C=O) groups excluding carboxylic acids is 2. The molecule has 33 heavy (non-hydrogen) atoms. The first-order valence-corrected chi connectivity index (χ1v) is 11.6. The van der Waals surface area contributed by atoms with E-state index < -0.39 is 28.4 Å². The Morgan fingerprint density at radius 1 is 0.970 bits per heavy atom. The van der Waals surface area contributed by atoms with Gasteiger partial charge in [0.15, 0.2) is 12.4 Å². The van der Waals surface area contributed by atoms with Gasteiger partial charge in [-0.2, -0.15) is 0 Å². The summed E-state index contributed by atoms with van der Waals surface area (Å²) < 4.78 is 37.3. The van der Waals surface area contributed by atoms with Gasteiger partial charge in [-0.1, -0.05) is 35.4 Å². The van der Waals surface area contributed by atoms with Crippen molar-refractivity contribution in [1.82, 2.24) is 0 Å². The van der Waals surface area contributed by atoms with Crippen molar-refractivity contribution >= 4 is 39.1 Å². The fraction of sp³-hybridized carbons (Fsp3) is 0.167. The van der Waals surface area contributed by atoms with Crippen LogP contribution in [0.4, 0.5) is 5.69 Å². The van der Waals surface area contributed by atoms with Gasteiger partial charge in [-0.25, -0.2) is 13.2 Å². The van der Waals surface area contributed by atoms with Gasteiger partial charge < -0.3 is 9.47 Å². The van der Waals surface area contributed by atoms with Gasteiger partial charge in [0.05, 0.1) is 28.3 Å². The van der Waals surface area contributed by atoms with Crippen molar-refractivity contribution in [3.63, 3.8) is 0 Å². The first kappa shape index (κ1) is 24.3. The minimum atomic E-state index is -3.91. The summed E-state index contributed by atoms with van der Waals surface area (Å²) in [5.74, 6) is -0.868. The molecule has 9 heteroatoms. The van der Waals surface area contributed by atoms with Crippen molar-refractivity contribution < 1.29 is 27.5 Å².